The second-order valence-corrected chi connectivity index (χ2v) is 9.14. The summed E-state index contributed by atoms with van der Waals surface area (Å²) in [6.07, 6.45) is 2.70. The molecular weight excluding hydrogens is 397 g/mol. The minimum Gasteiger partial charge on any atom is -0.386 e. The lowest BCUT2D eigenvalue weighted by molar-refractivity contribution is -0.120. The fourth-order valence-electron chi connectivity index (χ4n) is 3.99. The first-order valence-corrected chi connectivity index (χ1v) is 10.6. The van der Waals surface area contributed by atoms with E-state index < -0.39 is 22.9 Å². The van der Waals surface area contributed by atoms with Gasteiger partial charge in [0.1, 0.15) is 5.52 Å². The van der Waals surface area contributed by atoms with E-state index in [1.165, 1.54) is 6.07 Å². The number of anilines is 1. The molecule has 0 radical (unpaired) electrons. The van der Waals surface area contributed by atoms with E-state index in [1.807, 2.05) is 10.6 Å². The number of nitrogens with one attached hydrogen (secondary N) is 1. The Morgan fingerprint density at radius 3 is 2.42 bits per heavy atom. The second-order valence-electron chi connectivity index (χ2n) is 9.14. The van der Waals surface area contributed by atoms with E-state index in [-0.39, 0.29) is 23.9 Å². The van der Waals surface area contributed by atoms with Gasteiger partial charge in [0.25, 0.3) is 0 Å². The van der Waals surface area contributed by atoms with Crippen LogP contribution in [-0.4, -0.2) is 25.7 Å². The van der Waals surface area contributed by atoms with Gasteiger partial charge in [0, 0.05) is 6.04 Å². The number of carbonyl (C=O) groups is 1. The molecule has 7 heteroatoms. The summed E-state index contributed by atoms with van der Waals surface area (Å²) in [5, 5.41) is 24.0. The number of imidazole rings is 1. The first-order valence-electron chi connectivity index (χ1n) is 10.6. The molecule has 0 saturated heterocycles. The van der Waals surface area contributed by atoms with Crippen molar-refractivity contribution in [1.29, 1.82) is 0 Å². The predicted molar refractivity (Wildman–Crippen MR) is 117 cm³/mol. The van der Waals surface area contributed by atoms with Crippen LogP contribution in [0.4, 0.5) is 10.3 Å². The van der Waals surface area contributed by atoms with E-state index in [4.69, 9.17) is 0 Å². The predicted octanol–water partition coefficient (Wildman–Crippen LogP) is 4.36. The Bertz CT molecular complexity index is 1110. The van der Waals surface area contributed by atoms with Gasteiger partial charge in [0.05, 0.1) is 23.1 Å². The molecule has 3 aromatic rings. The van der Waals surface area contributed by atoms with Crippen molar-refractivity contribution in [3.05, 3.63) is 59.4 Å². The van der Waals surface area contributed by atoms with Crippen molar-refractivity contribution in [3.8, 4) is 0 Å². The van der Waals surface area contributed by atoms with Crippen LogP contribution in [0.1, 0.15) is 63.6 Å². The van der Waals surface area contributed by atoms with Crippen LogP contribution in [0.25, 0.3) is 11.0 Å². The maximum Gasteiger partial charge on any atom is 0.229 e. The van der Waals surface area contributed by atoms with E-state index in [9.17, 15) is 19.4 Å². The van der Waals surface area contributed by atoms with Gasteiger partial charge in [-0.3, -0.25) is 10.1 Å². The number of halogens is 1. The normalized spacial score (nSPS) is 16.7. The Kier molecular flexibility index (Phi) is 5.35. The highest BCUT2D eigenvalue weighted by Crippen LogP contribution is 2.39. The quantitative estimate of drug-likeness (QED) is 0.547. The van der Waals surface area contributed by atoms with Crippen molar-refractivity contribution in [2.75, 3.05) is 5.32 Å². The summed E-state index contributed by atoms with van der Waals surface area (Å²) in [7, 11) is 0. The molecule has 1 aromatic heterocycles. The zero-order chi connectivity index (χ0) is 22.4. The Labute approximate surface area is 180 Å². The molecule has 1 unspecified atom stereocenters. The molecule has 0 bridgehead atoms. The summed E-state index contributed by atoms with van der Waals surface area (Å²) >= 11 is 0. The maximum absolute atomic E-state index is 14.8. The molecular formula is C24H28FN3O3. The van der Waals surface area contributed by atoms with E-state index in [2.05, 4.69) is 10.3 Å². The van der Waals surface area contributed by atoms with Crippen molar-refractivity contribution in [2.45, 2.75) is 63.7 Å². The van der Waals surface area contributed by atoms with Gasteiger partial charge in [-0.2, -0.15) is 0 Å². The van der Waals surface area contributed by atoms with E-state index in [0.29, 0.717) is 16.6 Å². The van der Waals surface area contributed by atoms with Crippen molar-refractivity contribution >= 4 is 22.9 Å². The first-order chi connectivity index (χ1) is 14.6. The van der Waals surface area contributed by atoms with Gasteiger partial charge in [-0.15, -0.1) is 0 Å². The minimum atomic E-state index is -1.35. The molecule has 31 heavy (non-hydrogen) atoms. The molecule has 1 aliphatic rings. The molecule has 1 amide bonds. The lowest BCUT2D eigenvalue weighted by Gasteiger charge is -2.30. The van der Waals surface area contributed by atoms with Crippen molar-refractivity contribution in [3.63, 3.8) is 0 Å². The Hall–Kier alpha value is -2.77. The maximum atomic E-state index is 14.8. The number of carbonyl (C=O) groups excluding carboxylic acids is 1. The van der Waals surface area contributed by atoms with Crippen LogP contribution in [0, 0.1) is 5.82 Å². The Morgan fingerprint density at radius 2 is 1.84 bits per heavy atom. The van der Waals surface area contributed by atoms with E-state index in [1.54, 1.807) is 51.1 Å². The number of amides is 1. The minimum absolute atomic E-state index is 0.103. The van der Waals surface area contributed by atoms with Gasteiger partial charge in [0.2, 0.25) is 11.9 Å². The Morgan fingerprint density at radius 1 is 1.16 bits per heavy atom. The van der Waals surface area contributed by atoms with Gasteiger partial charge >= 0.3 is 0 Å². The molecule has 1 heterocycles. The number of fused-ring (bicyclic) bond motifs is 1. The fourth-order valence-corrected chi connectivity index (χ4v) is 3.99. The molecule has 1 aliphatic carbocycles. The van der Waals surface area contributed by atoms with E-state index in [0.717, 1.165) is 19.3 Å². The van der Waals surface area contributed by atoms with Crippen LogP contribution in [0.5, 0.6) is 0 Å². The van der Waals surface area contributed by atoms with Crippen LogP contribution in [0.2, 0.25) is 0 Å². The zero-order valence-corrected chi connectivity index (χ0v) is 18.0. The molecule has 1 atom stereocenters. The van der Waals surface area contributed by atoms with Gasteiger partial charge in [-0.05, 0) is 63.3 Å². The van der Waals surface area contributed by atoms with Crippen LogP contribution in [0.3, 0.4) is 0 Å². The molecule has 6 nitrogen and oxygen atoms in total. The van der Waals surface area contributed by atoms with Crippen molar-refractivity contribution < 1.29 is 19.4 Å². The fraction of sp³-hybridized carbons (Fsp3) is 0.417. The average Bonchev–Trinajstić information content (AvgIpc) is 2.98. The van der Waals surface area contributed by atoms with Crippen LogP contribution in [-0.2, 0) is 16.0 Å². The van der Waals surface area contributed by atoms with E-state index >= 15 is 0 Å². The van der Waals surface area contributed by atoms with Crippen molar-refractivity contribution in [1.82, 2.24) is 9.55 Å². The van der Waals surface area contributed by atoms with Crippen LogP contribution < -0.4 is 5.32 Å². The lowest BCUT2D eigenvalue weighted by Crippen LogP contribution is -2.30. The highest BCUT2D eigenvalue weighted by atomic mass is 19.1. The summed E-state index contributed by atoms with van der Waals surface area (Å²) in [4.78, 5) is 17.2. The zero-order valence-electron chi connectivity index (χ0n) is 18.0. The number of hydrogen-bond donors (Lipinski definition) is 3. The van der Waals surface area contributed by atoms with Crippen LogP contribution >= 0.6 is 0 Å². The molecule has 1 saturated carbocycles. The monoisotopic (exact) mass is 425 g/mol. The summed E-state index contributed by atoms with van der Waals surface area (Å²) in [6, 6.07) is 12.1. The van der Waals surface area contributed by atoms with Crippen LogP contribution in [0.15, 0.2) is 42.5 Å². The number of hydrogen-bond acceptors (Lipinski definition) is 4. The molecule has 4 rings (SSSR count). The summed E-state index contributed by atoms with van der Waals surface area (Å²) in [5.74, 6) is -0.687. The highest BCUT2D eigenvalue weighted by molar-refractivity contribution is 5.92. The number of rotatable bonds is 6. The molecule has 0 aliphatic heterocycles. The topological polar surface area (TPSA) is 87.4 Å². The standard InChI is InChI=1S/C24H28FN3O3/c1-23(2,30)16-12-18(25)21-19(13-16)28(17-10-7-11-17)22(27-21)26-20(29)14-24(3,31)15-8-5-4-6-9-15/h4-6,8-9,12-13,17,30-31H,7,10-11,14H2,1-3H3,(H,26,27,29). The largest absolute Gasteiger partial charge is 0.386 e. The highest BCUT2D eigenvalue weighted by Gasteiger charge is 2.31. The molecule has 1 fully saturated rings. The number of aromatic nitrogens is 2. The summed E-state index contributed by atoms with van der Waals surface area (Å²) in [6.45, 7) is 4.80. The summed E-state index contributed by atoms with van der Waals surface area (Å²) in [5.41, 5.74) is -0.766. The average molecular weight is 426 g/mol. The van der Waals surface area contributed by atoms with Gasteiger partial charge in [0.15, 0.2) is 5.82 Å². The third kappa shape index (κ3) is 4.20. The van der Waals surface area contributed by atoms with Gasteiger partial charge in [-0.25, -0.2) is 9.37 Å². The van der Waals surface area contributed by atoms with Gasteiger partial charge < -0.3 is 14.8 Å². The number of benzene rings is 2. The number of aliphatic hydroxyl groups is 2. The molecule has 164 valence electrons. The Balaban J connectivity index is 1.68. The first kappa shape index (κ1) is 21.5. The third-order valence-electron chi connectivity index (χ3n) is 6.05. The smallest absolute Gasteiger partial charge is 0.229 e. The second kappa shape index (κ2) is 7.73. The van der Waals surface area contributed by atoms with Crippen molar-refractivity contribution in [2.24, 2.45) is 0 Å². The molecule has 2 aromatic carbocycles. The molecule has 3 N–H and O–H groups in total. The van der Waals surface area contributed by atoms with Gasteiger partial charge in [-0.1, -0.05) is 30.3 Å². The number of nitrogens with zero attached hydrogens (tertiary/aromatic N) is 2. The third-order valence-corrected chi connectivity index (χ3v) is 6.05. The lowest BCUT2D eigenvalue weighted by atomic mass is 9.92. The SMILES string of the molecule is CC(C)(O)c1cc(F)c2nc(NC(=O)CC(C)(O)c3ccccc3)n(C3CCC3)c2c1. The molecule has 0 spiro atoms. The summed E-state index contributed by atoms with van der Waals surface area (Å²) < 4.78 is 16.7.